The van der Waals surface area contributed by atoms with Crippen molar-refractivity contribution in [1.29, 1.82) is 0 Å². The third-order valence-corrected chi connectivity index (χ3v) is 10.5. The van der Waals surface area contributed by atoms with Crippen LogP contribution in [0, 0.1) is 23.1 Å². The first-order valence-corrected chi connectivity index (χ1v) is 16.0. The Balaban J connectivity index is 1.31. The van der Waals surface area contributed by atoms with Crippen molar-refractivity contribution in [2.45, 2.75) is 89.6 Å². The smallest absolute Gasteiger partial charge is 0.410 e. The van der Waals surface area contributed by atoms with Crippen molar-refractivity contribution in [2.75, 3.05) is 46.4 Å². The minimum Gasteiger partial charge on any atom is -0.447 e. The summed E-state index contributed by atoms with van der Waals surface area (Å²) in [5, 5.41) is 3.11. The fourth-order valence-electron chi connectivity index (χ4n) is 7.76. The van der Waals surface area contributed by atoms with Gasteiger partial charge in [-0.3, -0.25) is 14.5 Å². The molecular formula is C33H49FN4O4. The van der Waals surface area contributed by atoms with E-state index in [9.17, 15) is 18.8 Å². The number of nitrogens with zero attached hydrogens (tertiary/aromatic N) is 3. The Labute approximate surface area is 250 Å². The molecule has 0 bridgehead atoms. The van der Waals surface area contributed by atoms with Gasteiger partial charge in [-0.2, -0.15) is 0 Å². The summed E-state index contributed by atoms with van der Waals surface area (Å²) in [6, 6.07) is 5.48. The number of hydrogen-bond donors (Lipinski definition) is 1. The highest BCUT2D eigenvalue weighted by molar-refractivity contribution is 5.89. The summed E-state index contributed by atoms with van der Waals surface area (Å²) in [6.07, 6.45) is 9.54. The van der Waals surface area contributed by atoms with Crippen molar-refractivity contribution in [3.8, 4) is 0 Å². The van der Waals surface area contributed by atoms with Gasteiger partial charge in [0.05, 0.1) is 11.5 Å². The molecule has 1 aromatic carbocycles. The van der Waals surface area contributed by atoms with Crippen molar-refractivity contribution in [1.82, 2.24) is 20.0 Å². The first-order chi connectivity index (χ1) is 20.1. The molecule has 3 saturated heterocycles. The standard InChI is InChI=1S/C33H49FN4O4/c1-32(2)23-42-31(41)38(32)22-33(26-9-5-4-6-10-26)15-18-37(19-16-33)30(40)28(20-24-11-13-27(34)14-12-24)35-29(39)25-8-7-17-36(3)21-25/h11-14,25-26,28H,4-10,15-23H2,1-3H3,(H,35,39)/t25-,28-/m1/s1. The van der Waals surface area contributed by atoms with Crippen LogP contribution in [0.3, 0.4) is 0 Å². The molecule has 3 amide bonds. The highest BCUT2D eigenvalue weighted by Crippen LogP contribution is 2.48. The second-order valence-electron chi connectivity index (χ2n) is 14.0. The highest BCUT2D eigenvalue weighted by atomic mass is 19.1. The third-order valence-electron chi connectivity index (χ3n) is 10.5. The van der Waals surface area contributed by atoms with Crippen molar-refractivity contribution < 1.29 is 23.5 Å². The minimum absolute atomic E-state index is 0.0553. The van der Waals surface area contributed by atoms with Crippen LogP contribution in [0.15, 0.2) is 24.3 Å². The Morgan fingerprint density at radius 2 is 1.71 bits per heavy atom. The number of benzene rings is 1. The fourth-order valence-corrected chi connectivity index (χ4v) is 7.76. The van der Waals surface area contributed by atoms with Gasteiger partial charge in [-0.05, 0) is 95.0 Å². The van der Waals surface area contributed by atoms with Crippen molar-refractivity contribution in [3.05, 3.63) is 35.6 Å². The Kier molecular flexibility index (Phi) is 9.45. The van der Waals surface area contributed by atoms with Gasteiger partial charge in [0.15, 0.2) is 0 Å². The summed E-state index contributed by atoms with van der Waals surface area (Å²) >= 11 is 0. The summed E-state index contributed by atoms with van der Waals surface area (Å²) in [5.74, 6) is -0.0988. The Morgan fingerprint density at radius 1 is 1.02 bits per heavy atom. The zero-order valence-electron chi connectivity index (χ0n) is 25.7. The van der Waals surface area contributed by atoms with Gasteiger partial charge in [-0.1, -0.05) is 31.4 Å². The first kappa shape index (κ1) is 30.8. The second kappa shape index (κ2) is 12.9. The van der Waals surface area contributed by atoms with E-state index >= 15 is 0 Å². The van der Waals surface area contributed by atoms with Gasteiger partial charge in [-0.25, -0.2) is 9.18 Å². The predicted molar refractivity (Wildman–Crippen MR) is 159 cm³/mol. The molecule has 1 aromatic rings. The molecule has 42 heavy (non-hydrogen) atoms. The van der Waals surface area contributed by atoms with Crippen LogP contribution in [0.2, 0.25) is 0 Å². The molecule has 0 radical (unpaired) electrons. The van der Waals surface area contributed by atoms with Gasteiger partial charge in [0.25, 0.3) is 0 Å². The molecule has 232 valence electrons. The number of carbonyl (C=O) groups excluding carboxylic acids is 3. The molecule has 2 atom stereocenters. The number of carbonyl (C=O) groups is 3. The lowest BCUT2D eigenvalue weighted by atomic mass is 9.63. The van der Waals surface area contributed by atoms with E-state index in [-0.39, 0.29) is 40.6 Å². The third kappa shape index (κ3) is 6.92. The van der Waals surface area contributed by atoms with Gasteiger partial charge in [-0.15, -0.1) is 0 Å². The number of halogens is 1. The summed E-state index contributed by atoms with van der Waals surface area (Å²) in [6.45, 7) is 8.06. The number of hydrogen-bond acceptors (Lipinski definition) is 5. The molecule has 0 aromatic heterocycles. The maximum absolute atomic E-state index is 14.1. The zero-order valence-corrected chi connectivity index (χ0v) is 25.7. The average Bonchev–Trinajstić information content (AvgIpc) is 3.25. The molecule has 0 unspecified atom stereocenters. The maximum atomic E-state index is 14.1. The van der Waals surface area contributed by atoms with Crippen LogP contribution in [0.5, 0.6) is 0 Å². The van der Waals surface area contributed by atoms with Crippen LogP contribution in [-0.4, -0.2) is 90.6 Å². The molecule has 0 spiro atoms. The Morgan fingerprint density at radius 3 is 2.33 bits per heavy atom. The van der Waals surface area contributed by atoms with Crippen molar-refractivity contribution >= 4 is 17.9 Å². The van der Waals surface area contributed by atoms with E-state index in [0.717, 1.165) is 50.6 Å². The molecule has 4 fully saturated rings. The normalized spacial score (nSPS) is 25.6. The summed E-state index contributed by atoms with van der Waals surface area (Å²) in [5.41, 5.74) is 0.419. The largest absolute Gasteiger partial charge is 0.447 e. The molecule has 3 heterocycles. The quantitative estimate of drug-likeness (QED) is 0.483. The van der Waals surface area contributed by atoms with Gasteiger partial charge < -0.3 is 19.9 Å². The molecular weight excluding hydrogens is 535 g/mol. The van der Waals surface area contributed by atoms with Crippen LogP contribution in [0.1, 0.15) is 77.2 Å². The van der Waals surface area contributed by atoms with Crippen LogP contribution < -0.4 is 5.32 Å². The average molecular weight is 585 g/mol. The minimum atomic E-state index is -0.704. The Bertz CT molecular complexity index is 1110. The van der Waals surface area contributed by atoms with Crippen molar-refractivity contribution in [2.24, 2.45) is 17.3 Å². The molecule has 4 aliphatic rings. The van der Waals surface area contributed by atoms with Crippen LogP contribution in [0.25, 0.3) is 0 Å². The SMILES string of the molecule is CN1CCC[C@@H](C(=O)N[C@H](Cc2ccc(F)cc2)C(=O)N2CCC(CN3C(=O)OCC3(C)C)(C3CCCCC3)CC2)C1. The molecule has 9 heteroatoms. The maximum Gasteiger partial charge on any atom is 0.410 e. The predicted octanol–water partition coefficient (Wildman–Crippen LogP) is 4.61. The summed E-state index contributed by atoms with van der Waals surface area (Å²) < 4.78 is 19.1. The number of ether oxygens (including phenoxy) is 1. The molecule has 5 rings (SSSR count). The topological polar surface area (TPSA) is 82.2 Å². The molecule has 3 aliphatic heterocycles. The van der Waals surface area contributed by atoms with E-state index in [1.165, 1.54) is 31.4 Å². The summed E-state index contributed by atoms with van der Waals surface area (Å²) in [4.78, 5) is 46.2. The molecule has 1 saturated carbocycles. The molecule has 1 aliphatic carbocycles. The molecule has 1 N–H and O–H groups in total. The van der Waals surface area contributed by atoms with E-state index in [1.54, 1.807) is 12.1 Å². The second-order valence-corrected chi connectivity index (χ2v) is 14.0. The lowest BCUT2D eigenvalue weighted by Gasteiger charge is -2.51. The zero-order chi connectivity index (χ0) is 29.9. The number of nitrogens with one attached hydrogen (secondary N) is 1. The van der Waals surface area contributed by atoms with Crippen LogP contribution in [-0.2, 0) is 20.7 Å². The number of rotatable bonds is 8. The van der Waals surface area contributed by atoms with E-state index in [2.05, 4.69) is 24.1 Å². The van der Waals surface area contributed by atoms with E-state index < -0.39 is 6.04 Å². The number of likely N-dealkylation sites (tertiary alicyclic amines) is 2. The van der Waals surface area contributed by atoms with Gasteiger partial charge in [0.1, 0.15) is 18.5 Å². The molecule has 8 nitrogen and oxygen atoms in total. The summed E-state index contributed by atoms with van der Waals surface area (Å²) in [7, 11) is 2.02. The van der Waals surface area contributed by atoms with Crippen molar-refractivity contribution in [3.63, 3.8) is 0 Å². The van der Waals surface area contributed by atoms with Crippen LogP contribution >= 0.6 is 0 Å². The van der Waals surface area contributed by atoms with Gasteiger partial charge >= 0.3 is 6.09 Å². The number of piperidine rings is 2. The monoisotopic (exact) mass is 584 g/mol. The number of amides is 3. The van der Waals surface area contributed by atoms with Crippen LogP contribution in [0.4, 0.5) is 9.18 Å². The lowest BCUT2D eigenvalue weighted by Crippen LogP contribution is -2.58. The fraction of sp³-hybridized carbons (Fsp3) is 0.727. The van der Waals surface area contributed by atoms with Gasteiger partial charge in [0.2, 0.25) is 11.8 Å². The lowest BCUT2D eigenvalue weighted by molar-refractivity contribution is -0.140. The highest BCUT2D eigenvalue weighted by Gasteiger charge is 2.49. The van der Waals surface area contributed by atoms with Gasteiger partial charge in [0, 0.05) is 32.6 Å². The number of cyclic esters (lactones) is 1. The van der Waals surface area contributed by atoms with E-state index in [1.807, 2.05) is 16.8 Å². The Hall–Kier alpha value is -2.68. The van der Waals surface area contributed by atoms with E-state index in [4.69, 9.17) is 4.74 Å². The van der Waals surface area contributed by atoms with E-state index in [0.29, 0.717) is 45.1 Å². The first-order valence-electron chi connectivity index (χ1n) is 16.0.